The summed E-state index contributed by atoms with van der Waals surface area (Å²) in [5.41, 5.74) is -0.333. The third-order valence-corrected chi connectivity index (χ3v) is 2.27. The summed E-state index contributed by atoms with van der Waals surface area (Å²) in [7, 11) is 0. The zero-order valence-electron chi connectivity index (χ0n) is 9.70. The van der Waals surface area contributed by atoms with Crippen molar-refractivity contribution in [1.82, 2.24) is 0 Å². The fourth-order valence-corrected chi connectivity index (χ4v) is 1.37. The molecule has 0 bridgehead atoms. The highest BCUT2D eigenvalue weighted by Gasteiger charge is 2.30. The summed E-state index contributed by atoms with van der Waals surface area (Å²) in [6, 6.07) is 4.27. The molecule has 18 heavy (non-hydrogen) atoms. The van der Waals surface area contributed by atoms with Gasteiger partial charge in [0.1, 0.15) is 0 Å². The van der Waals surface area contributed by atoms with Crippen LogP contribution in [-0.2, 0) is 22.1 Å². The van der Waals surface area contributed by atoms with E-state index in [1.165, 1.54) is 12.1 Å². The molecule has 0 aliphatic heterocycles. The van der Waals surface area contributed by atoms with E-state index in [4.69, 9.17) is 0 Å². The van der Waals surface area contributed by atoms with E-state index < -0.39 is 23.8 Å². The lowest BCUT2D eigenvalue weighted by Crippen LogP contribution is -2.25. The Bertz CT molecular complexity index is 398. The van der Waals surface area contributed by atoms with Gasteiger partial charge in [0, 0.05) is 6.42 Å². The monoisotopic (exact) mass is 262 g/mol. The van der Waals surface area contributed by atoms with Gasteiger partial charge in [0.25, 0.3) is 0 Å². The summed E-state index contributed by atoms with van der Waals surface area (Å²) in [6.45, 7) is 1.74. The van der Waals surface area contributed by atoms with Crippen LogP contribution in [0.25, 0.3) is 0 Å². The van der Waals surface area contributed by atoms with E-state index in [0.717, 1.165) is 12.1 Å². The second kappa shape index (κ2) is 5.86. The highest BCUT2D eigenvalue weighted by Crippen LogP contribution is 2.29. The molecule has 1 aromatic carbocycles. The topological polar surface area (TPSA) is 46.5 Å². The zero-order valence-corrected chi connectivity index (χ0v) is 9.70. The number of hydrogen-bond acceptors (Lipinski definition) is 3. The van der Waals surface area contributed by atoms with Crippen LogP contribution < -0.4 is 0 Å². The normalized spacial score (nSPS) is 13.2. The first kappa shape index (κ1) is 14.5. The van der Waals surface area contributed by atoms with Crippen molar-refractivity contribution in [2.75, 3.05) is 6.61 Å². The van der Waals surface area contributed by atoms with Gasteiger partial charge in [-0.1, -0.05) is 12.1 Å². The van der Waals surface area contributed by atoms with Gasteiger partial charge in [0.2, 0.25) is 0 Å². The number of halogens is 3. The molecule has 1 aromatic rings. The van der Waals surface area contributed by atoms with Gasteiger partial charge in [-0.15, -0.1) is 0 Å². The van der Waals surface area contributed by atoms with Gasteiger partial charge in [-0.25, -0.2) is 4.79 Å². The van der Waals surface area contributed by atoms with Gasteiger partial charge >= 0.3 is 12.1 Å². The molecule has 1 rings (SSSR count). The largest absolute Gasteiger partial charge is 0.464 e. The van der Waals surface area contributed by atoms with E-state index in [2.05, 4.69) is 4.74 Å². The van der Waals surface area contributed by atoms with E-state index in [-0.39, 0.29) is 13.0 Å². The van der Waals surface area contributed by atoms with Crippen LogP contribution in [0.2, 0.25) is 0 Å². The first-order chi connectivity index (χ1) is 8.34. The van der Waals surface area contributed by atoms with Crippen molar-refractivity contribution < 1.29 is 27.8 Å². The minimum absolute atomic E-state index is 0.0724. The fraction of sp³-hybridized carbons (Fsp3) is 0.417. The number of rotatable bonds is 4. The lowest BCUT2D eigenvalue weighted by molar-refractivity contribution is -0.152. The van der Waals surface area contributed by atoms with Crippen molar-refractivity contribution in [2.45, 2.75) is 25.6 Å². The number of alkyl halides is 3. The number of esters is 1. The summed E-state index contributed by atoms with van der Waals surface area (Å²) < 4.78 is 41.4. The lowest BCUT2D eigenvalue weighted by atomic mass is 10.1. The Morgan fingerprint density at radius 3 is 2.33 bits per heavy atom. The Balaban J connectivity index is 2.67. The van der Waals surface area contributed by atoms with Gasteiger partial charge in [-0.3, -0.25) is 0 Å². The van der Waals surface area contributed by atoms with Crippen molar-refractivity contribution >= 4 is 5.97 Å². The molecule has 0 heterocycles. The Hall–Kier alpha value is -1.56. The third-order valence-electron chi connectivity index (χ3n) is 2.27. The zero-order chi connectivity index (χ0) is 13.8. The van der Waals surface area contributed by atoms with E-state index >= 15 is 0 Å². The lowest BCUT2D eigenvalue weighted by Gasteiger charge is -2.11. The Morgan fingerprint density at radius 2 is 1.89 bits per heavy atom. The summed E-state index contributed by atoms with van der Waals surface area (Å²) >= 11 is 0. The van der Waals surface area contributed by atoms with Crippen molar-refractivity contribution in [3.63, 3.8) is 0 Å². The molecule has 0 spiro atoms. The van der Waals surface area contributed by atoms with Crippen LogP contribution >= 0.6 is 0 Å². The molecular formula is C12H13F3O3. The third kappa shape index (κ3) is 4.03. The summed E-state index contributed by atoms with van der Waals surface area (Å²) in [6.07, 6.45) is -5.82. The molecule has 0 aromatic heterocycles. The van der Waals surface area contributed by atoms with E-state index in [1.54, 1.807) is 6.92 Å². The summed E-state index contributed by atoms with van der Waals surface area (Å²) in [5.74, 6) is -0.780. The number of benzene rings is 1. The van der Waals surface area contributed by atoms with Crippen molar-refractivity contribution in [3.05, 3.63) is 35.4 Å². The molecule has 1 atom stereocenters. The molecule has 1 unspecified atom stereocenters. The highest BCUT2D eigenvalue weighted by atomic mass is 19.4. The Labute approximate surface area is 102 Å². The fourth-order valence-electron chi connectivity index (χ4n) is 1.37. The average molecular weight is 262 g/mol. The second-order valence-corrected chi connectivity index (χ2v) is 3.67. The SMILES string of the molecule is CCOC(=O)C(O)Cc1ccc(C(F)(F)F)cc1. The average Bonchev–Trinajstić information content (AvgIpc) is 2.28. The molecule has 0 aliphatic carbocycles. The van der Waals surface area contributed by atoms with Crippen LogP contribution in [0.3, 0.4) is 0 Å². The molecule has 0 amide bonds. The summed E-state index contributed by atoms with van der Waals surface area (Å²) in [5, 5.41) is 9.43. The number of carbonyl (C=O) groups is 1. The first-order valence-electron chi connectivity index (χ1n) is 5.35. The minimum Gasteiger partial charge on any atom is -0.464 e. The number of ether oxygens (including phenoxy) is 1. The maximum atomic E-state index is 12.3. The predicted octanol–water partition coefficient (Wildman–Crippen LogP) is 2.17. The number of aliphatic hydroxyl groups excluding tert-OH is 1. The molecule has 6 heteroatoms. The van der Waals surface area contributed by atoms with Crippen LogP contribution in [0.1, 0.15) is 18.1 Å². The van der Waals surface area contributed by atoms with Gasteiger partial charge in [0.05, 0.1) is 12.2 Å². The van der Waals surface area contributed by atoms with Crippen LogP contribution in [0.4, 0.5) is 13.2 Å². The standard InChI is InChI=1S/C12H13F3O3/c1-2-18-11(17)10(16)7-8-3-5-9(6-4-8)12(13,14)15/h3-6,10,16H,2,7H2,1H3. The molecule has 3 nitrogen and oxygen atoms in total. The number of carbonyl (C=O) groups excluding carboxylic acids is 1. The van der Waals surface area contributed by atoms with Crippen molar-refractivity contribution in [2.24, 2.45) is 0 Å². The maximum Gasteiger partial charge on any atom is 0.416 e. The van der Waals surface area contributed by atoms with E-state index in [9.17, 15) is 23.1 Å². The van der Waals surface area contributed by atoms with Crippen LogP contribution in [0.5, 0.6) is 0 Å². The van der Waals surface area contributed by atoms with Crippen molar-refractivity contribution in [1.29, 1.82) is 0 Å². The van der Waals surface area contributed by atoms with E-state index in [1.807, 2.05) is 0 Å². The molecule has 1 N–H and O–H groups in total. The predicted molar refractivity (Wildman–Crippen MR) is 57.8 cm³/mol. The van der Waals surface area contributed by atoms with Crippen LogP contribution in [0, 0.1) is 0 Å². The molecular weight excluding hydrogens is 249 g/mol. The number of aliphatic hydroxyl groups is 1. The van der Waals surface area contributed by atoms with Gasteiger partial charge in [-0.05, 0) is 24.6 Å². The highest BCUT2D eigenvalue weighted by molar-refractivity contribution is 5.74. The molecule has 100 valence electrons. The first-order valence-corrected chi connectivity index (χ1v) is 5.35. The van der Waals surface area contributed by atoms with Gasteiger partial charge in [-0.2, -0.15) is 13.2 Å². The molecule has 0 saturated heterocycles. The maximum absolute atomic E-state index is 12.3. The van der Waals surface area contributed by atoms with Crippen LogP contribution in [0.15, 0.2) is 24.3 Å². The molecule has 0 saturated carbocycles. The summed E-state index contributed by atoms with van der Waals surface area (Å²) in [4.78, 5) is 11.1. The van der Waals surface area contributed by atoms with E-state index in [0.29, 0.717) is 5.56 Å². The smallest absolute Gasteiger partial charge is 0.416 e. The minimum atomic E-state index is -4.39. The molecule has 0 radical (unpaired) electrons. The van der Waals surface area contributed by atoms with Gasteiger partial charge in [0.15, 0.2) is 6.10 Å². The van der Waals surface area contributed by atoms with Crippen molar-refractivity contribution in [3.8, 4) is 0 Å². The Kier molecular flexibility index (Phi) is 4.72. The molecule has 0 fully saturated rings. The number of hydrogen-bond donors (Lipinski definition) is 1. The van der Waals surface area contributed by atoms with Gasteiger partial charge < -0.3 is 9.84 Å². The second-order valence-electron chi connectivity index (χ2n) is 3.67. The quantitative estimate of drug-likeness (QED) is 0.846. The van der Waals surface area contributed by atoms with Crippen LogP contribution in [-0.4, -0.2) is 23.8 Å². The molecule has 0 aliphatic rings. The Morgan fingerprint density at radius 1 is 1.33 bits per heavy atom.